The lowest BCUT2D eigenvalue weighted by molar-refractivity contribution is 0.608. The van der Waals surface area contributed by atoms with Crippen LogP contribution in [-0.4, -0.2) is 28.0 Å². The van der Waals surface area contributed by atoms with E-state index in [4.69, 9.17) is 10.7 Å². The van der Waals surface area contributed by atoms with Gasteiger partial charge in [0.2, 0.25) is 9.05 Å². The Morgan fingerprint density at radius 1 is 1.53 bits per heavy atom. The van der Waals surface area contributed by atoms with E-state index in [1.807, 2.05) is 0 Å². The molecule has 0 saturated heterocycles. The molecule has 2 heterocycles. The summed E-state index contributed by atoms with van der Waals surface area (Å²) in [6.45, 7) is 1.73. The average Bonchev–Trinajstić information content (AvgIpc) is 2.40. The molecular weight excluding hydrogens is 240 g/mol. The molecule has 0 bridgehead atoms. The third-order valence-electron chi connectivity index (χ3n) is 1.69. The van der Waals surface area contributed by atoms with Crippen LogP contribution < -0.4 is 0 Å². The van der Waals surface area contributed by atoms with Crippen LogP contribution >= 0.6 is 10.7 Å². The van der Waals surface area contributed by atoms with Crippen molar-refractivity contribution in [2.24, 2.45) is 0 Å². The summed E-state index contributed by atoms with van der Waals surface area (Å²) in [5, 5.41) is 4.01. The van der Waals surface area contributed by atoms with Gasteiger partial charge in [0, 0.05) is 28.6 Å². The van der Waals surface area contributed by atoms with Crippen molar-refractivity contribution in [1.29, 1.82) is 0 Å². The Balaban J connectivity index is 2.47. The molecule has 0 N–H and O–H groups in total. The first-order chi connectivity index (χ1) is 6.94. The Bertz CT molecular complexity index is 606. The average molecular weight is 247 g/mol. The maximum Gasteiger partial charge on any atom is 0.252 e. The van der Waals surface area contributed by atoms with Gasteiger partial charge in [-0.2, -0.15) is 10.1 Å². The quantitative estimate of drug-likeness (QED) is 0.721. The standard InChI is InChI=1S/C7H7ClN4O2S/c1-5-10-7-9-2-6(3-12(7)11-5)4-15(8,13)14/h2-3H,4H2,1H3. The first-order valence-corrected chi connectivity index (χ1v) is 6.52. The van der Waals surface area contributed by atoms with Crippen molar-refractivity contribution in [2.75, 3.05) is 0 Å². The molecule has 0 aliphatic carbocycles. The Hall–Kier alpha value is -1.21. The van der Waals surface area contributed by atoms with Gasteiger partial charge >= 0.3 is 0 Å². The molecule has 0 radical (unpaired) electrons. The number of nitrogens with zero attached hydrogens (tertiary/aromatic N) is 4. The summed E-state index contributed by atoms with van der Waals surface area (Å²) >= 11 is 0. The molecule has 2 rings (SSSR count). The Labute approximate surface area is 90.3 Å². The number of rotatable bonds is 2. The predicted octanol–water partition coefficient (Wildman–Crippen LogP) is 0.501. The van der Waals surface area contributed by atoms with E-state index in [9.17, 15) is 8.42 Å². The molecule has 0 saturated carbocycles. The minimum atomic E-state index is -3.57. The zero-order valence-corrected chi connectivity index (χ0v) is 9.33. The van der Waals surface area contributed by atoms with Gasteiger partial charge in [0.1, 0.15) is 5.82 Å². The second-order valence-corrected chi connectivity index (χ2v) is 5.83. The van der Waals surface area contributed by atoms with Crippen LogP contribution in [0.25, 0.3) is 5.78 Å². The van der Waals surface area contributed by atoms with Gasteiger partial charge in [-0.25, -0.2) is 17.9 Å². The number of aromatic nitrogens is 4. The number of aryl methyl sites for hydroxylation is 1. The van der Waals surface area contributed by atoms with Gasteiger partial charge in [-0.05, 0) is 6.92 Å². The minimum Gasteiger partial charge on any atom is -0.219 e. The van der Waals surface area contributed by atoms with E-state index in [1.54, 1.807) is 13.1 Å². The molecule has 6 nitrogen and oxygen atoms in total. The zero-order chi connectivity index (χ0) is 11.1. The highest BCUT2D eigenvalue weighted by molar-refractivity contribution is 8.13. The van der Waals surface area contributed by atoms with E-state index >= 15 is 0 Å². The van der Waals surface area contributed by atoms with Crippen LogP contribution in [0.2, 0.25) is 0 Å². The van der Waals surface area contributed by atoms with Crippen LogP contribution in [0.5, 0.6) is 0 Å². The van der Waals surface area contributed by atoms with Gasteiger partial charge in [-0.1, -0.05) is 0 Å². The van der Waals surface area contributed by atoms with E-state index in [2.05, 4.69) is 15.1 Å². The van der Waals surface area contributed by atoms with Gasteiger partial charge in [-0.15, -0.1) is 0 Å². The van der Waals surface area contributed by atoms with E-state index in [0.29, 0.717) is 17.2 Å². The van der Waals surface area contributed by atoms with Crippen LogP contribution in [0.4, 0.5) is 0 Å². The summed E-state index contributed by atoms with van der Waals surface area (Å²) in [5.74, 6) is 0.743. The summed E-state index contributed by atoms with van der Waals surface area (Å²) in [6, 6.07) is 0. The fourth-order valence-corrected chi connectivity index (χ4v) is 2.12. The molecule has 0 spiro atoms. The van der Waals surface area contributed by atoms with Crippen molar-refractivity contribution < 1.29 is 8.42 Å². The maximum atomic E-state index is 10.8. The van der Waals surface area contributed by atoms with Gasteiger partial charge < -0.3 is 0 Å². The Kier molecular flexibility index (Phi) is 2.35. The molecule has 8 heteroatoms. The third kappa shape index (κ3) is 2.42. The number of fused-ring (bicyclic) bond motifs is 1. The molecule has 2 aromatic heterocycles. The molecule has 0 amide bonds. The largest absolute Gasteiger partial charge is 0.252 e. The summed E-state index contributed by atoms with van der Waals surface area (Å²) in [4.78, 5) is 7.96. The van der Waals surface area contributed by atoms with Crippen molar-refractivity contribution in [1.82, 2.24) is 19.6 Å². The molecule has 0 aliphatic heterocycles. The van der Waals surface area contributed by atoms with Gasteiger partial charge in [-0.3, -0.25) is 0 Å². The summed E-state index contributed by atoms with van der Waals surface area (Å²) < 4.78 is 23.1. The fourth-order valence-electron chi connectivity index (χ4n) is 1.20. The third-order valence-corrected chi connectivity index (χ3v) is 2.70. The SMILES string of the molecule is Cc1nc2ncc(CS(=O)(=O)Cl)cn2n1. The number of halogens is 1. The predicted molar refractivity (Wildman–Crippen MR) is 54.0 cm³/mol. The van der Waals surface area contributed by atoms with Crippen molar-refractivity contribution in [3.63, 3.8) is 0 Å². The lowest BCUT2D eigenvalue weighted by Crippen LogP contribution is -1.99. The summed E-state index contributed by atoms with van der Waals surface area (Å²) in [7, 11) is 1.55. The summed E-state index contributed by atoms with van der Waals surface area (Å²) in [5.41, 5.74) is 0.474. The highest BCUT2D eigenvalue weighted by atomic mass is 35.7. The van der Waals surface area contributed by atoms with Crippen LogP contribution in [0.15, 0.2) is 12.4 Å². The smallest absolute Gasteiger partial charge is 0.219 e. The van der Waals surface area contributed by atoms with Crippen molar-refractivity contribution in [3.05, 3.63) is 23.8 Å². The van der Waals surface area contributed by atoms with E-state index < -0.39 is 9.05 Å². The highest BCUT2D eigenvalue weighted by Gasteiger charge is 2.09. The molecule has 2 aromatic rings. The van der Waals surface area contributed by atoms with Crippen LogP contribution in [0.3, 0.4) is 0 Å². The van der Waals surface area contributed by atoms with E-state index in [1.165, 1.54) is 10.7 Å². The maximum absolute atomic E-state index is 10.8. The molecule has 0 atom stereocenters. The molecule has 0 aliphatic rings. The molecule has 15 heavy (non-hydrogen) atoms. The molecule has 0 fully saturated rings. The molecular formula is C7H7ClN4O2S. The first kappa shape index (κ1) is 10.3. The minimum absolute atomic E-state index is 0.267. The van der Waals surface area contributed by atoms with Crippen LogP contribution in [0.1, 0.15) is 11.4 Å². The first-order valence-electron chi connectivity index (χ1n) is 4.04. The zero-order valence-electron chi connectivity index (χ0n) is 7.75. The fraction of sp³-hybridized carbons (Fsp3) is 0.286. The lowest BCUT2D eigenvalue weighted by Gasteiger charge is -1.97. The Morgan fingerprint density at radius 3 is 2.93 bits per heavy atom. The van der Waals surface area contributed by atoms with Crippen molar-refractivity contribution in [3.8, 4) is 0 Å². The van der Waals surface area contributed by atoms with Gasteiger partial charge in [0.15, 0.2) is 0 Å². The van der Waals surface area contributed by atoms with Crippen LogP contribution in [-0.2, 0) is 14.8 Å². The van der Waals surface area contributed by atoms with Crippen molar-refractivity contribution >= 4 is 25.5 Å². The molecule has 80 valence electrons. The Morgan fingerprint density at radius 2 is 2.27 bits per heavy atom. The lowest BCUT2D eigenvalue weighted by atomic mass is 10.4. The number of hydrogen-bond acceptors (Lipinski definition) is 5. The van der Waals surface area contributed by atoms with Crippen molar-refractivity contribution in [2.45, 2.75) is 12.7 Å². The molecule has 0 unspecified atom stereocenters. The van der Waals surface area contributed by atoms with Crippen LogP contribution in [0, 0.1) is 6.92 Å². The summed E-state index contributed by atoms with van der Waals surface area (Å²) in [6.07, 6.45) is 2.96. The van der Waals surface area contributed by atoms with E-state index in [0.717, 1.165) is 0 Å². The van der Waals surface area contributed by atoms with Gasteiger partial charge in [0.25, 0.3) is 5.78 Å². The van der Waals surface area contributed by atoms with E-state index in [-0.39, 0.29) is 5.75 Å². The normalized spacial score (nSPS) is 12.1. The monoisotopic (exact) mass is 246 g/mol. The second-order valence-electron chi connectivity index (χ2n) is 3.05. The highest BCUT2D eigenvalue weighted by Crippen LogP contribution is 2.08. The molecule has 0 aromatic carbocycles. The van der Waals surface area contributed by atoms with Gasteiger partial charge in [0.05, 0.1) is 5.75 Å². The number of hydrogen-bond donors (Lipinski definition) is 0. The second kappa shape index (κ2) is 3.42. The topological polar surface area (TPSA) is 77.2 Å².